The third kappa shape index (κ3) is 2.56. The van der Waals surface area contributed by atoms with Crippen LogP contribution in [-0.2, 0) is 11.8 Å². The first kappa shape index (κ1) is 19.5. The molecule has 0 atom stereocenters. The third-order valence-corrected chi connectivity index (χ3v) is 7.25. The molecule has 0 saturated heterocycles. The summed E-state index contributed by atoms with van der Waals surface area (Å²) in [7, 11) is 0. The zero-order valence-electron chi connectivity index (χ0n) is 19.8. The second kappa shape index (κ2) is 6.45. The second-order valence-electron chi connectivity index (χ2n) is 10.5. The van der Waals surface area contributed by atoms with Crippen molar-refractivity contribution in [2.75, 3.05) is 0 Å². The molecule has 2 nitrogen and oxygen atoms in total. The van der Waals surface area contributed by atoms with Gasteiger partial charge in [0.2, 0.25) is 0 Å². The summed E-state index contributed by atoms with van der Waals surface area (Å²) in [6.45, 7) is 13.5. The van der Waals surface area contributed by atoms with Crippen LogP contribution in [0.2, 0.25) is 0 Å². The van der Waals surface area contributed by atoms with Gasteiger partial charge in [0.05, 0.1) is 11.2 Å². The number of pyridine rings is 1. The highest BCUT2D eigenvalue weighted by Gasteiger charge is 2.35. The molecular formula is C30H29NO. The molecule has 0 fully saturated rings. The van der Waals surface area contributed by atoms with E-state index in [1.165, 1.54) is 49.5 Å². The van der Waals surface area contributed by atoms with E-state index in [9.17, 15) is 0 Å². The van der Waals surface area contributed by atoms with Crippen LogP contribution in [0.15, 0.2) is 52.9 Å². The molecule has 0 saturated carbocycles. The first-order chi connectivity index (χ1) is 15.3. The molecule has 32 heavy (non-hydrogen) atoms. The van der Waals surface area contributed by atoms with Crippen LogP contribution in [0.4, 0.5) is 0 Å². The first-order valence-corrected chi connectivity index (χ1v) is 11.7. The fourth-order valence-electron chi connectivity index (χ4n) is 5.60. The predicted molar refractivity (Wildman–Crippen MR) is 135 cm³/mol. The van der Waals surface area contributed by atoms with Crippen LogP contribution in [-0.4, -0.2) is 4.98 Å². The van der Waals surface area contributed by atoms with Crippen LogP contribution < -0.4 is 0 Å². The van der Waals surface area contributed by atoms with Crippen molar-refractivity contribution in [1.82, 2.24) is 4.98 Å². The van der Waals surface area contributed by atoms with Crippen molar-refractivity contribution < 1.29 is 4.42 Å². The third-order valence-electron chi connectivity index (χ3n) is 7.25. The number of hydrogen-bond donors (Lipinski definition) is 0. The molecule has 3 aromatic carbocycles. The monoisotopic (exact) mass is 419 g/mol. The van der Waals surface area contributed by atoms with Crippen LogP contribution >= 0.6 is 0 Å². The summed E-state index contributed by atoms with van der Waals surface area (Å²) in [6, 6.07) is 18.0. The number of benzene rings is 3. The van der Waals surface area contributed by atoms with Crippen molar-refractivity contribution in [2.24, 2.45) is 5.92 Å². The first-order valence-electron chi connectivity index (χ1n) is 11.7. The van der Waals surface area contributed by atoms with Crippen LogP contribution in [0, 0.1) is 19.8 Å². The Bertz CT molecular complexity index is 1570. The Kier molecular flexibility index (Phi) is 3.94. The highest BCUT2D eigenvalue weighted by molar-refractivity contribution is 6.17. The summed E-state index contributed by atoms with van der Waals surface area (Å²) in [4.78, 5) is 5.25. The molecular weight excluding hydrogens is 390 g/mol. The average molecular weight is 420 g/mol. The summed E-state index contributed by atoms with van der Waals surface area (Å²) in [5.41, 5.74) is 11.6. The molecule has 0 bridgehead atoms. The molecule has 2 heteroatoms. The zero-order chi connectivity index (χ0) is 22.4. The van der Waals surface area contributed by atoms with E-state index in [0.29, 0.717) is 5.92 Å². The maximum atomic E-state index is 6.66. The highest BCUT2D eigenvalue weighted by Crippen LogP contribution is 2.51. The molecule has 0 amide bonds. The van der Waals surface area contributed by atoms with Crippen LogP contribution in [0.5, 0.6) is 0 Å². The van der Waals surface area contributed by atoms with Crippen molar-refractivity contribution in [1.29, 1.82) is 0 Å². The van der Waals surface area contributed by atoms with Gasteiger partial charge < -0.3 is 4.42 Å². The number of furan rings is 1. The van der Waals surface area contributed by atoms with Crippen molar-refractivity contribution in [3.05, 3.63) is 76.3 Å². The second-order valence-corrected chi connectivity index (χ2v) is 10.5. The van der Waals surface area contributed by atoms with E-state index in [4.69, 9.17) is 9.40 Å². The number of rotatable bonds is 2. The maximum Gasteiger partial charge on any atom is 0.139 e. The van der Waals surface area contributed by atoms with Gasteiger partial charge in [-0.1, -0.05) is 63.6 Å². The average Bonchev–Trinajstić information content (AvgIpc) is 3.12. The number of fused-ring (bicyclic) bond motifs is 3. The Morgan fingerprint density at radius 2 is 1.69 bits per heavy atom. The Morgan fingerprint density at radius 3 is 2.47 bits per heavy atom. The van der Waals surface area contributed by atoms with Gasteiger partial charge in [0, 0.05) is 27.1 Å². The summed E-state index contributed by atoms with van der Waals surface area (Å²) in [6.07, 6.45) is 1.01. The molecule has 2 heterocycles. The van der Waals surface area contributed by atoms with Gasteiger partial charge in [0.25, 0.3) is 0 Å². The largest absolute Gasteiger partial charge is 0.455 e. The van der Waals surface area contributed by atoms with Gasteiger partial charge >= 0.3 is 0 Å². The molecule has 0 radical (unpaired) electrons. The van der Waals surface area contributed by atoms with Crippen LogP contribution in [0.1, 0.15) is 55.5 Å². The number of aromatic nitrogens is 1. The smallest absolute Gasteiger partial charge is 0.139 e. The van der Waals surface area contributed by atoms with E-state index >= 15 is 0 Å². The maximum absolute atomic E-state index is 6.66. The van der Waals surface area contributed by atoms with E-state index in [2.05, 4.69) is 90.1 Å². The number of hydrogen-bond acceptors (Lipinski definition) is 2. The lowest BCUT2D eigenvalue weighted by Gasteiger charge is -2.28. The molecule has 0 unspecified atom stereocenters. The van der Waals surface area contributed by atoms with Gasteiger partial charge in [-0.15, -0.1) is 0 Å². The molecule has 2 aromatic heterocycles. The minimum absolute atomic E-state index is 0.196. The SMILES string of the molecule is Cc1ccc2nc3c(cc2c1)C(C)(C)c1ccc(CC(C)C)c2oc4c(C)ccc-3c4c12. The van der Waals surface area contributed by atoms with E-state index < -0.39 is 0 Å². The van der Waals surface area contributed by atoms with Crippen LogP contribution in [0.25, 0.3) is 44.1 Å². The summed E-state index contributed by atoms with van der Waals surface area (Å²) in [5.74, 6) is 0.573. The Balaban J connectivity index is 1.83. The minimum Gasteiger partial charge on any atom is -0.455 e. The summed E-state index contributed by atoms with van der Waals surface area (Å²) < 4.78 is 6.66. The Labute approximate surface area is 189 Å². The Morgan fingerprint density at radius 1 is 0.875 bits per heavy atom. The molecule has 1 aliphatic carbocycles. The van der Waals surface area contributed by atoms with Gasteiger partial charge in [-0.05, 0) is 66.6 Å². The molecule has 5 aromatic rings. The highest BCUT2D eigenvalue weighted by atomic mass is 16.3. The standard InChI is InChI=1S/C30H29NO/c1-16(2)13-19-9-11-22-26-25-21(10-8-18(4)28(25)32-29(19)26)27-23(30(22,5)6)15-20-14-17(3)7-12-24(20)31-27/h7-12,14-16H,13H2,1-6H3. The lowest BCUT2D eigenvalue weighted by molar-refractivity contribution is 0.617. The van der Waals surface area contributed by atoms with Gasteiger partial charge in [-0.2, -0.15) is 0 Å². The Hall–Kier alpha value is -3.13. The van der Waals surface area contributed by atoms with Gasteiger partial charge in [-0.25, -0.2) is 4.98 Å². The molecule has 1 aliphatic rings. The molecule has 0 spiro atoms. The van der Waals surface area contributed by atoms with Crippen molar-refractivity contribution in [3.63, 3.8) is 0 Å². The number of aryl methyl sites for hydroxylation is 2. The topological polar surface area (TPSA) is 26.0 Å². The molecule has 6 rings (SSSR count). The van der Waals surface area contributed by atoms with Crippen molar-refractivity contribution >= 4 is 32.8 Å². The fraction of sp³-hybridized carbons (Fsp3) is 0.300. The predicted octanol–water partition coefficient (Wildman–Crippen LogP) is 8.26. The van der Waals surface area contributed by atoms with E-state index in [-0.39, 0.29) is 5.41 Å². The fourth-order valence-corrected chi connectivity index (χ4v) is 5.60. The molecule has 0 aliphatic heterocycles. The zero-order valence-corrected chi connectivity index (χ0v) is 19.8. The van der Waals surface area contributed by atoms with E-state index in [1.54, 1.807) is 0 Å². The van der Waals surface area contributed by atoms with Crippen molar-refractivity contribution in [2.45, 2.75) is 53.4 Å². The van der Waals surface area contributed by atoms with Crippen LogP contribution in [0.3, 0.4) is 0 Å². The summed E-state index contributed by atoms with van der Waals surface area (Å²) >= 11 is 0. The number of nitrogens with zero attached hydrogens (tertiary/aromatic N) is 1. The van der Waals surface area contributed by atoms with Crippen molar-refractivity contribution in [3.8, 4) is 11.3 Å². The lowest BCUT2D eigenvalue weighted by atomic mass is 9.76. The lowest BCUT2D eigenvalue weighted by Crippen LogP contribution is -2.20. The minimum atomic E-state index is -0.196. The summed E-state index contributed by atoms with van der Waals surface area (Å²) in [5, 5.41) is 3.71. The van der Waals surface area contributed by atoms with E-state index in [0.717, 1.165) is 28.8 Å². The van der Waals surface area contributed by atoms with Gasteiger partial charge in [0.15, 0.2) is 0 Å². The molecule has 0 N–H and O–H groups in total. The van der Waals surface area contributed by atoms with Gasteiger partial charge in [0.1, 0.15) is 11.2 Å². The molecule has 160 valence electrons. The normalized spacial score (nSPS) is 14.6. The van der Waals surface area contributed by atoms with Gasteiger partial charge in [-0.3, -0.25) is 0 Å². The quantitative estimate of drug-likeness (QED) is 0.288. The van der Waals surface area contributed by atoms with E-state index in [1.807, 2.05) is 0 Å².